The quantitative estimate of drug-likeness (QED) is 0.0346. The highest BCUT2D eigenvalue weighted by Gasteiger charge is 2.17. The van der Waals surface area contributed by atoms with E-state index in [2.05, 4.69) is 93.7 Å². The van der Waals surface area contributed by atoms with Crippen molar-refractivity contribution in [1.82, 2.24) is 0 Å². The molecule has 0 rings (SSSR count). The number of hydrogen-bond acceptors (Lipinski definition) is 5. The molecule has 5 nitrogen and oxygen atoms in total. The van der Waals surface area contributed by atoms with Crippen molar-refractivity contribution in [3.63, 3.8) is 0 Å². The highest BCUT2D eigenvalue weighted by atomic mass is 16.6. The summed E-state index contributed by atoms with van der Waals surface area (Å²) in [5, 5.41) is 0. The first-order valence-corrected chi connectivity index (χ1v) is 28.5. The van der Waals surface area contributed by atoms with Crippen LogP contribution < -0.4 is 0 Å². The van der Waals surface area contributed by atoms with Gasteiger partial charge >= 0.3 is 11.9 Å². The number of carbonyl (C=O) groups is 2. The zero-order valence-corrected chi connectivity index (χ0v) is 44.0. The smallest absolute Gasteiger partial charge is 0.306 e. The van der Waals surface area contributed by atoms with Gasteiger partial charge in [-0.25, -0.2) is 0 Å². The average molecular weight is 922 g/mol. The van der Waals surface area contributed by atoms with Gasteiger partial charge in [0, 0.05) is 19.4 Å². The molecule has 0 bridgehead atoms. The van der Waals surface area contributed by atoms with Gasteiger partial charge < -0.3 is 14.2 Å². The number of ether oxygens (including phenoxy) is 3. The highest BCUT2D eigenvalue weighted by molar-refractivity contribution is 5.70. The molecular weight excluding hydrogens is 813 g/mol. The molecule has 0 saturated heterocycles. The Kier molecular flexibility index (Phi) is 54.4. The third-order valence-corrected chi connectivity index (χ3v) is 12.2. The second kappa shape index (κ2) is 56.7. The summed E-state index contributed by atoms with van der Waals surface area (Å²) in [5.74, 6) is -0.409. The van der Waals surface area contributed by atoms with Crippen molar-refractivity contribution >= 4 is 11.9 Å². The molecule has 0 N–H and O–H groups in total. The van der Waals surface area contributed by atoms with Crippen molar-refractivity contribution in [2.24, 2.45) is 0 Å². The second-order valence-electron chi connectivity index (χ2n) is 18.8. The molecule has 0 radical (unpaired) electrons. The van der Waals surface area contributed by atoms with Crippen LogP contribution in [0.1, 0.15) is 278 Å². The Hall–Kier alpha value is -2.66. The summed E-state index contributed by atoms with van der Waals surface area (Å²) in [7, 11) is 0. The molecule has 0 heterocycles. The van der Waals surface area contributed by atoms with Crippen LogP contribution in [0.25, 0.3) is 0 Å². The molecule has 0 aliphatic carbocycles. The molecule has 0 aromatic carbocycles. The Balaban J connectivity index is 4.28. The number of esters is 2. The van der Waals surface area contributed by atoms with E-state index in [0.717, 1.165) is 83.5 Å². The normalized spacial score (nSPS) is 12.7. The van der Waals surface area contributed by atoms with E-state index in [9.17, 15) is 9.59 Å². The Labute approximate surface area is 410 Å². The van der Waals surface area contributed by atoms with Crippen molar-refractivity contribution in [3.8, 4) is 0 Å². The van der Waals surface area contributed by atoms with Crippen LogP contribution in [0.5, 0.6) is 0 Å². The topological polar surface area (TPSA) is 61.8 Å². The summed E-state index contributed by atoms with van der Waals surface area (Å²) >= 11 is 0. The van der Waals surface area contributed by atoms with Gasteiger partial charge in [0.15, 0.2) is 6.10 Å². The largest absolute Gasteiger partial charge is 0.462 e. The molecule has 0 fully saturated rings. The van der Waals surface area contributed by atoms with Crippen LogP contribution in [0.4, 0.5) is 0 Å². The molecule has 0 aromatic heterocycles. The number of allylic oxidation sites excluding steroid dienone is 12. The lowest BCUT2D eigenvalue weighted by Crippen LogP contribution is -2.30. The van der Waals surface area contributed by atoms with E-state index < -0.39 is 6.10 Å². The minimum absolute atomic E-state index is 0.0738. The summed E-state index contributed by atoms with van der Waals surface area (Å²) in [6.07, 6.45) is 73.5. The van der Waals surface area contributed by atoms with Gasteiger partial charge in [-0.05, 0) is 83.5 Å². The lowest BCUT2D eigenvalue weighted by molar-refractivity contribution is -0.163. The van der Waals surface area contributed by atoms with E-state index in [-0.39, 0.29) is 25.2 Å². The van der Waals surface area contributed by atoms with Gasteiger partial charge in [0.25, 0.3) is 0 Å². The van der Waals surface area contributed by atoms with Crippen LogP contribution >= 0.6 is 0 Å². The lowest BCUT2D eigenvalue weighted by Gasteiger charge is -2.18. The summed E-state index contributed by atoms with van der Waals surface area (Å²) in [4.78, 5) is 25.5. The second-order valence-corrected chi connectivity index (χ2v) is 18.8. The fraction of sp³-hybridized carbons (Fsp3) is 0.770. The minimum atomic E-state index is -0.548. The first-order valence-electron chi connectivity index (χ1n) is 28.5. The molecule has 0 aromatic rings. The van der Waals surface area contributed by atoms with Gasteiger partial charge in [-0.3, -0.25) is 9.59 Å². The van der Waals surface area contributed by atoms with E-state index in [1.54, 1.807) is 0 Å². The van der Waals surface area contributed by atoms with E-state index in [4.69, 9.17) is 14.2 Å². The molecule has 1 unspecified atom stereocenters. The van der Waals surface area contributed by atoms with Crippen LogP contribution in [0.15, 0.2) is 72.9 Å². The van der Waals surface area contributed by atoms with Crippen LogP contribution in [0, 0.1) is 0 Å². The number of carbonyl (C=O) groups excluding carboxylic acids is 2. The van der Waals surface area contributed by atoms with Gasteiger partial charge in [0.2, 0.25) is 0 Å². The molecule has 0 aliphatic rings. The standard InChI is InChI=1S/C61H108O5/c1-4-7-10-13-16-19-22-25-28-30-31-33-34-36-39-42-45-48-51-54-60(62)65-58-59(57-64-56-53-50-47-44-41-38-27-24-21-18-15-12-9-6-3)66-61(63)55-52-49-46-43-40-37-35-32-29-26-23-20-17-14-11-8-5-2/h7,10,12,15-16,19,21,24-25,28,31,33,59H,4-6,8-9,11,13-14,17-18,20,22-23,26-27,29-30,32,34-58H2,1-3H3/b10-7-,15-12-,19-16-,24-21-,28-25-,33-31-. The molecule has 0 saturated carbocycles. The molecule has 1 atom stereocenters. The number of unbranched alkanes of at least 4 members (excludes halogenated alkanes) is 29. The van der Waals surface area contributed by atoms with Gasteiger partial charge in [0.1, 0.15) is 6.61 Å². The maximum Gasteiger partial charge on any atom is 0.306 e. The fourth-order valence-corrected chi connectivity index (χ4v) is 8.01. The first-order chi connectivity index (χ1) is 32.6. The Morgan fingerprint density at radius 2 is 0.712 bits per heavy atom. The molecule has 382 valence electrons. The molecule has 5 heteroatoms. The van der Waals surface area contributed by atoms with E-state index in [0.29, 0.717) is 19.4 Å². The molecule has 0 spiro atoms. The van der Waals surface area contributed by atoms with E-state index >= 15 is 0 Å². The molecular formula is C61H108O5. The zero-order chi connectivity index (χ0) is 47.7. The van der Waals surface area contributed by atoms with E-state index in [1.807, 2.05) is 0 Å². The predicted octanol–water partition coefficient (Wildman–Crippen LogP) is 19.5. The third-order valence-electron chi connectivity index (χ3n) is 12.2. The summed E-state index contributed by atoms with van der Waals surface area (Å²) < 4.78 is 17.5. The van der Waals surface area contributed by atoms with Crippen molar-refractivity contribution < 1.29 is 23.8 Å². The van der Waals surface area contributed by atoms with E-state index in [1.165, 1.54) is 161 Å². The van der Waals surface area contributed by atoms with Crippen LogP contribution in [0.2, 0.25) is 0 Å². The summed E-state index contributed by atoms with van der Waals surface area (Å²) in [5.41, 5.74) is 0. The first kappa shape index (κ1) is 63.3. The van der Waals surface area contributed by atoms with Gasteiger partial charge in [-0.1, -0.05) is 254 Å². The molecule has 0 aliphatic heterocycles. The van der Waals surface area contributed by atoms with Crippen molar-refractivity contribution in [2.75, 3.05) is 19.8 Å². The van der Waals surface area contributed by atoms with Crippen molar-refractivity contribution in [3.05, 3.63) is 72.9 Å². The van der Waals surface area contributed by atoms with Crippen LogP contribution in [0.3, 0.4) is 0 Å². The van der Waals surface area contributed by atoms with Crippen molar-refractivity contribution in [1.29, 1.82) is 0 Å². The maximum absolute atomic E-state index is 12.9. The number of hydrogen-bond donors (Lipinski definition) is 0. The summed E-state index contributed by atoms with van der Waals surface area (Å²) in [6.45, 7) is 7.65. The van der Waals surface area contributed by atoms with Crippen molar-refractivity contribution in [2.45, 2.75) is 284 Å². The Morgan fingerprint density at radius 3 is 1.15 bits per heavy atom. The average Bonchev–Trinajstić information content (AvgIpc) is 3.32. The van der Waals surface area contributed by atoms with Gasteiger partial charge in [0.05, 0.1) is 6.61 Å². The molecule has 0 amide bonds. The minimum Gasteiger partial charge on any atom is -0.462 e. The third kappa shape index (κ3) is 54.0. The van der Waals surface area contributed by atoms with Crippen LogP contribution in [-0.2, 0) is 23.8 Å². The highest BCUT2D eigenvalue weighted by Crippen LogP contribution is 2.16. The Bertz CT molecular complexity index is 1180. The lowest BCUT2D eigenvalue weighted by atomic mass is 10.0. The van der Waals surface area contributed by atoms with Gasteiger partial charge in [-0.2, -0.15) is 0 Å². The SMILES string of the molecule is CC/C=C\C/C=C\C/C=C\C/C=C\CCCCCCCCC(=O)OCC(COCCCCCCCC/C=C\C/C=C\CCC)OC(=O)CCCCCCCCCCCCCCCCCCC. The fourth-order valence-electron chi connectivity index (χ4n) is 8.01. The van der Waals surface area contributed by atoms with Gasteiger partial charge in [-0.15, -0.1) is 0 Å². The number of rotatable bonds is 52. The summed E-state index contributed by atoms with van der Waals surface area (Å²) in [6, 6.07) is 0. The Morgan fingerprint density at radius 1 is 0.348 bits per heavy atom. The monoisotopic (exact) mass is 921 g/mol. The molecule has 66 heavy (non-hydrogen) atoms. The predicted molar refractivity (Wildman–Crippen MR) is 288 cm³/mol. The van der Waals surface area contributed by atoms with Crippen LogP contribution in [-0.4, -0.2) is 37.9 Å². The maximum atomic E-state index is 12.9. The zero-order valence-electron chi connectivity index (χ0n) is 44.0.